The third-order valence-electron chi connectivity index (χ3n) is 1.60. The van der Waals surface area contributed by atoms with Gasteiger partial charge in [-0.15, -0.1) is 0 Å². The highest BCUT2D eigenvalue weighted by atomic mass is 79.9. The first kappa shape index (κ1) is 8.18. The number of imidazole rings is 1. The number of halogens is 1. The molecule has 1 aromatic heterocycles. The molecule has 0 aliphatic carbocycles. The van der Waals surface area contributed by atoms with Crippen LogP contribution in [0.5, 0.6) is 0 Å². The molecule has 0 aliphatic heterocycles. The van der Waals surface area contributed by atoms with E-state index < -0.39 is 4.92 Å². The van der Waals surface area contributed by atoms with Gasteiger partial charge in [-0.1, -0.05) is 20.9 Å². The van der Waals surface area contributed by atoms with Crippen LogP contribution in [0.25, 0.3) is 11.0 Å². The van der Waals surface area contributed by atoms with Gasteiger partial charge in [-0.25, -0.2) is 4.98 Å². The SMILES string of the molecule is O=[N+]([O-])c1nc2ccc(Br)cc2[nH]1. The number of rotatable bonds is 1. The topological polar surface area (TPSA) is 71.8 Å². The van der Waals surface area contributed by atoms with Gasteiger partial charge in [-0.05, 0) is 23.1 Å². The Hall–Kier alpha value is -1.43. The lowest BCUT2D eigenvalue weighted by atomic mass is 10.3. The molecule has 0 bridgehead atoms. The molecule has 0 fully saturated rings. The average Bonchev–Trinajstić information content (AvgIpc) is 2.46. The highest BCUT2D eigenvalue weighted by molar-refractivity contribution is 9.10. The molecule has 6 heteroatoms. The third-order valence-corrected chi connectivity index (χ3v) is 2.10. The number of hydrogen-bond donors (Lipinski definition) is 1. The van der Waals surface area contributed by atoms with E-state index in [9.17, 15) is 10.1 Å². The zero-order chi connectivity index (χ0) is 9.42. The molecule has 2 aromatic rings. The van der Waals surface area contributed by atoms with Crippen molar-refractivity contribution in [3.8, 4) is 0 Å². The predicted molar refractivity (Wildman–Crippen MR) is 50.4 cm³/mol. The molecule has 0 amide bonds. The molecule has 0 aliphatic rings. The zero-order valence-corrected chi connectivity index (χ0v) is 7.91. The molecule has 66 valence electrons. The highest BCUT2D eigenvalue weighted by Gasteiger charge is 2.12. The van der Waals surface area contributed by atoms with Gasteiger partial charge in [0, 0.05) is 4.47 Å². The van der Waals surface area contributed by atoms with Crippen LogP contribution < -0.4 is 0 Å². The molecule has 0 saturated heterocycles. The first-order valence-corrected chi connectivity index (χ1v) is 4.26. The number of hydrogen-bond acceptors (Lipinski definition) is 3. The summed E-state index contributed by atoms with van der Waals surface area (Å²) in [6.45, 7) is 0. The van der Waals surface area contributed by atoms with Crippen molar-refractivity contribution in [3.05, 3.63) is 32.8 Å². The van der Waals surface area contributed by atoms with Gasteiger partial charge in [0.25, 0.3) is 0 Å². The lowest BCUT2D eigenvalue weighted by Gasteiger charge is -1.85. The van der Waals surface area contributed by atoms with Gasteiger partial charge < -0.3 is 10.1 Å². The number of benzene rings is 1. The number of nitro groups is 1. The molecule has 0 saturated carbocycles. The minimum Gasteiger partial charge on any atom is -0.390 e. The Labute approximate surface area is 81.1 Å². The Morgan fingerprint density at radius 2 is 2.31 bits per heavy atom. The van der Waals surface area contributed by atoms with Crippen molar-refractivity contribution in [2.24, 2.45) is 0 Å². The lowest BCUT2D eigenvalue weighted by Crippen LogP contribution is -1.88. The van der Waals surface area contributed by atoms with Gasteiger partial charge in [-0.3, -0.25) is 0 Å². The number of nitrogens with zero attached hydrogens (tertiary/aromatic N) is 2. The van der Waals surface area contributed by atoms with Crippen LogP contribution in [0.4, 0.5) is 5.95 Å². The van der Waals surface area contributed by atoms with Crippen LogP contribution in [0.3, 0.4) is 0 Å². The molecular formula is C7H4BrN3O2. The Morgan fingerprint density at radius 3 is 3.00 bits per heavy atom. The number of aromatic nitrogens is 2. The summed E-state index contributed by atoms with van der Waals surface area (Å²) in [5.41, 5.74) is 1.25. The average molecular weight is 242 g/mol. The standard InChI is InChI=1S/C7H4BrN3O2/c8-4-1-2-5-6(3-4)10-7(9-5)11(12)13/h1-3H,(H,9,10). The van der Waals surface area contributed by atoms with Crippen LogP contribution in [0.2, 0.25) is 0 Å². The maximum atomic E-state index is 10.4. The van der Waals surface area contributed by atoms with Crippen molar-refractivity contribution in [2.75, 3.05) is 0 Å². The van der Waals surface area contributed by atoms with Crippen molar-refractivity contribution >= 4 is 32.9 Å². The Bertz CT molecular complexity index is 480. The van der Waals surface area contributed by atoms with E-state index in [1.54, 1.807) is 18.2 Å². The van der Waals surface area contributed by atoms with Gasteiger partial charge in [0.05, 0.1) is 0 Å². The Morgan fingerprint density at radius 1 is 1.54 bits per heavy atom. The van der Waals surface area contributed by atoms with E-state index in [1.807, 2.05) is 0 Å². The van der Waals surface area contributed by atoms with Crippen molar-refractivity contribution in [1.29, 1.82) is 0 Å². The molecule has 0 radical (unpaired) electrons. The lowest BCUT2D eigenvalue weighted by molar-refractivity contribution is -0.393. The van der Waals surface area contributed by atoms with E-state index in [4.69, 9.17) is 0 Å². The molecule has 0 spiro atoms. The monoisotopic (exact) mass is 241 g/mol. The predicted octanol–water partition coefficient (Wildman–Crippen LogP) is 2.23. The second-order valence-electron chi connectivity index (χ2n) is 2.48. The van der Waals surface area contributed by atoms with Crippen LogP contribution in [0, 0.1) is 10.1 Å². The van der Waals surface area contributed by atoms with Gasteiger partial charge >= 0.3 is 5.95 Å². The number of aromatic amines is 1. The van der Waals surface area contributed by atoms with Crippen LogP contribution >= 0.6 is 15.9 Å². The van der Waals surface area contributed by atoms with E-state index in [-0.39, 0.29) is 5.95 Å². The van der Waals surface area contributed by atoms with E-state index in [2.05, 4.69) is 25.9 Å². The molecule has 1 N–H and O–H groups in total. The molecular weight excluding hydrogens is 238 g/mol. The number of H-pyrrole nitrogens is 1. The summed E-state index contributed by atoms with van der Waals surface area (Å²) in [5, 5.41) is 10.4. The summed E-state index contributed by atoms with van der Waals surface area (Å²) < 4.78 is 0.860. The molecule has 1 aromatic carbocycles. The maximum Gasteiger partial charge on any atom is 0.433 e. The fraction of sp³-hybridized carbons (Fsp3) is 0. The molecule has 1 heterocycles. The van der Waals surface area contributed by atoms with Gasteiger partial charge in [0.1, 0.15) is 5.52 Å². The summed E-state index contributed by atoms with van der Waals surface area (Å²) in [6, 6.07) is 5.24. The summed E-state index contributed by atoms with van der Waals surface area (Å²) in [6.07, 6.45) is 0. The van der Waals surface area contributed by atoms with Crippen LogP contribution in [-0.2, 0) is 0 Å². The highest BCUT2D eigenvalue weighted by Crippen LogP contribution is 2.19. The Balaban J connectivity index is 2.68. The molecule has 13 heavy (non-hydrogen) atoms. The van der Waals surface area contributed by atoms with Crippen molar-refractivity contribution < 1.29 is 4.92 Å². The summed E-state index contributed by atoms with van der Waals surface area (Å²) in [5.74, 6) is -0.229. The van der Waals surface area contributed by atoms with Crippen molar-refractivity contribution in [1.82, 2.24) is 9.97 Å². The molecule has 0 unspecified atom stereocenters. The van der Waals surface area contributed by atoms with Crippen LogP contribution in [0.1, 0.15) is 0 Å². The van der Waals surface area contributed by atoms with E-state index >= 15 is 0 Å². The third kappa shape index (κ3) is 1.40. The smallest absolute Gasteiger partial charge is 0.390 e. The maximum absolute atomic E-state index is 10.4. The van der Waals surface area contributed by atoms with Gasteiger partial charge in [0.2, 0.25) is 0 Å². The zero-order valence-electron chi connectivity index (χ0n) is 6.32. The second-order valence-corrected chi connectivity index (χ2v) is 3.39. The van der Waals surface area contributed by atoms with Crippen LogP contribution in [-0.4, -0.2) is 14.9 Å². The molecule has 5 nitrogen and oxygen atoms in total. The van der Waals surface area contributed by atoms with Crippen molar-refractivity contribution in [2.45, 2.75) is 0 Å². The first-order chi connectivity index (χ1) is 6.16. The largest absolute Gasteiger partial charge is 0.433 e. The summed E-state index contributed by atoms with van der Waals surface area (Å²) in [7, 11) is 0. The Kier molecular flexibility index (Phi) is 1.77. The fourth-order valence-electron chi connectivity index (χ4n) is 1.05. The van der Waals surface area contributed by atoms with Gasteiger partial charge in [-0.2, -0.15) is 0 Å². The second kappa shape index (κ2) is 2.81. The molecule has 0 atom stereocenters. The molecule has 2 rings (SSSR count). The van der Waals surface area contributed by atoms with E-state index in [0.717, 1.165) is 4.47 Å². The van der Waals surface area contributed by atoms with E-state index in [1.165, 1.54) is 0 Å². The minimum atomic E-state index is -0.548. The van der Waals surface area contributed by atoms with E-state index in [0.29, 0.717) is 11.0 Å². The minimum absolute atomic E-state index is 0.229. The van der Waals surface area contributed by atoms with Crippen molar-refractivity contribution in [3.63, 3.8) is 0 Å². The van der Waals surface area contributed by atoms with Gasteiger partial charge in [0.15, 0.2) is 5.52 Å². The number of nitrogens with one attached hydrogen (secondary N) is 1. The quantitative estimate of drug-likeness (QED) is 0.615. The number of fused-ring (bicyclic) bond motifs is 1. The first-order valence-electron chi connectivity index (χ1n) is 3.46. The summed E-state index contributed by atoms with van der Waals surface area (Å²) in [4.78, 5) is 16.2. The summed E-state index contributed by atoms with van der Waals surface area (Å²) >= 11 is 3.26. The fourth-order valence-corrected chi connectivity index (χ4v) is 1.42. The van der Waals surface area contributed by atoms with Crippen LogP contribution in [0.15, 0.2) is 22.7 Å². The normalized spacial score (nSPS) is 10.5.